The van der Waals surface area contributed by atoms with Crippen LogP contribution < -0.4 is 0 Å². The molecule has 0 N–H and O–H groups in total. The van der Waals surface area contributed by atoms with E-state index in [4.69, 9.17) is 9.53 Å². The summed E-state index contributed by atoms with van der Waals surface area (Å²) >= 11 is 0. The molecule has 0 spiro atoms. The number of carbonyl (C=O) groups excluding carboxylic acids is 2. The highest BCUT2D eigenvalue weighted by Gasteiger charge is 2.54. The maximum atomic E-state index is 13.3. The summed E-state index contributed by atoms with van der Waals surface area (Å²) in [5, 5.41) is 0. The lowest BCUT2D eigenvalue weighted by Gasteiger charge is -2.35. The number of ether oxygens (including phenoxy) is 1. The van der Waals surface area contributed by atoms with Gasteiger partial charge in [-0.3, -0.25) is 4.79 Å². The molecule has 0 radical (unpaired) electrons. The topological polar surface area (TPSA) is 43.4 Å². The Kier molecular flexibility index (Phi) is 3.65. The molecule has 2 fully saturated rings. The smallest absolute Gasteiger partial charge is 0.309 e. The molecule has 3 nitrogen and oxygen atoms in total. The van der Waals surface area contributed by atoms with Crippen molar-refractivity contribution in [3.05, 3.63) is 0 Å². The first-order valence-corrected chi connectivity index (χ1v) is 5.29. The van der Waals surface area contributed by atoms with Gasteiger partial charge in [0.25, 0.3) is 5.92 Å². The Morgan fingerprint density at radius 1 is 1.38 bits per heavy atom. The van der Waals surface area contributed by atoms with Gasteiger partial charge >= 0.3 is 5.97 Å². The second kappa shape index (κ2) is 4.47. The van der Waals surface area contributed by atoms with E-state index < -0.39 is 23.7 Å². The monoisotopic (exact) mass is 234 g/mol. The van der Waals surface area contributed by atoms with Gasteiger partial charge < -0.3 is 9.53 Å². The second-order valence-corrected chi connectivity index (χ2v) is 4.51. The number of halogens is 2. The summed E-state index contributed by atoms with van der Waals surface area (Å²) in [7, 11) is 0. The van der Waals surface area contributed by atoms with Gasteiger partial charge in [0.05, 0.1) is 5.92 Å². The fourth-order valence-corrected chi connectivity index (χ4v) is 2.53. The van der Waals surface area contributed by atoms with Crippen LogP contribution in [0.3, 0.4) is 0 Å². The van der Waals surface area contributed by atoms with Crippen LogP contribution in [0.15, 0.2) is 0 Å². The van der Waals surface area contributed by atoms with Gasteiger partial charge in [-0.25, -0.2) is 8.78 Å². The summed E-state index contributed by atoms with van der Waals surface area (Å²) in [4.78, 5) is 19.3. The van der Waals surface area contributed by atoms with E-state index >= 15 is 0 Å². The predicted octanol–water partition coefficient (Wildman–Crippen LogP) is 2.04. The Balaban J connectivity index is 0.000000606. The first-order valence-electron chi connectivity index (χ1n) is 5.29. The third kappa shape index (κ3) is 2.08. The minimum Gasteiger partial charge on any atom is -0.462 e. The van der Waals surface area contributed by atoms with E-state index in [0.717, 1.165) is 0 Å². The van der Waals surface area contributed by atoms with E-state index in [1.54, 1.807) is 13.8 Å². The van der Waals surface area contributed by atoms with Crippen LogP contribution in [-0.2, 0) is 14.3 Å². The molecule has 0 aromatic carbocycles. The molecule has 0 aromatic rings. The van der Waals surface area contributed by atoms with Gasteiger partial charge in [0.1, 0.15) is 12.9 Å². The molecule has 1 saturated heterocycles. The van der Waals surface area contributed by atoms with Gasteiger partial charge in [0, 0.05) is 18.3 Å². The van der Waals surface area contributed by atoms with Crippen LogP contribution in [0.2, 0.25) is 0 Å². The van der Waals surface area contributed by atoms with Crippen LogP contribution in [0.4, 0.5) is 8.78 Å². The molecular weight excluding hydrogens is 218 g/mol. The van der Waals surface area contributed by atoms with E-state index in [0.29, 0.717) is 6.42 Å². The van der Waals surface area contributed by atoms with Gasteiger partial charge in [-0.15, -0.1) is 0 Å². The summed E-state index contributed by atoms with van der Waals surface area (Å²) in [6.07, 6.45) is -0.127. The Morgan fingerprint density at radius 3 is 2.50 bits per heavy atom. The first-order chi connectivity index (χ1) is 7.42. The van der Waals surface area contributed by atoms with Crippen molar-refractivity contribution in [2.45, 2.75) is 38.7 Å². The normalized spacial score (nSPS) is 40.4. The lowest BCUT2D eigenvalue weighted by atomic mass is 9.72. The molecule has 1 aliphatic carbocycles. The minimum absolute atomic E-state index is 0.00266. The summed E-state index contributed by atoms with van der Waals surface area (Å²) in [5.74, 6) is -4.35. The van der Waals surface area contributed by atoms with Crippen LogP contribution in [-0.4, -0.2) is 24.8 Å². The quantitative estimate of drug-likeness (QED) is 0.602. The van der Waals surface area contributed by atoms with Crippen LogP contribution in [0, 0.1) is 17.8 Å². The van der Waals surface area contributed by atoms with Crippen LogP contribution >= 0.6 is 0 Å². The Bertz CT molecular complexity index is 280. The Labute approximate surface area is 93.2 Å². The van der Waals surface area contributed by atoms with Gasteiger partial charge in [0.15, 0.2) is 0 Å². The third-order valence-electron chi connectivity index (χ3n) is 3.56. The van der Waals surface area contributed by atoms with Gasteiger partial charge in [-0.2, -0.15) is 0 Å². The van der Waals surface area contributed by atoms with Gasteiger partial charge in [-0.1, -0.05) is 6.92 Å². The molecule has 5 heteroatoms. The van der Waals surface area contributed by atoms with Crippen molar-refractivity contribution in [2.75, 3.05) is 0 Å². The zero-order chi connectivity index (χ0) is 12.5. The highest BCUT2D eigenvalue weighted by Crippen LogP contribution is 2.48. The maximum absolute atomic E-state index is 13.3. The molecule has 4 atom stereocenters. The predicted molar refractivity (Wildman–Crippen MR) is 53.0 cm³/mol. The third-order valence-corrected chi connectivity index (χ3v) is 3.56. The highest BCUT2D eigenvalue weighted by molar-refractivity contribution is 5.75. The molecule has 4 unspecified atom stereocenters. The second-order valence-electron chi connectivity index (χ2n) is 4.51. The molecule has 0 aromatic heterocycles. The summed E-state index contributed by atoms with van der Waals surface area (Å²) in [5.41, 5.74) is 0. The number of esters is 1. The highest BCUT2D eigenvalue weighted by atomic mass is 19.3. The Morgan fingerprint density at radius 2 is 1.94 bits per heavy atom. The largest absolute Gasteiger partial charge is 0.462 e. The van der Waals surface area contributed by atoms with Gasteiger partial charge in [-0.05, 0) is 13.3 Å². The maximum Gasteiger partial charge on any atom is 0.309 e. The molecule has 1 aliphatic heterocycles. The van der Waals surface area contributed by atoms with Crippen molar-refractivity contribution in [1.82, 2.24) is 0 Å². The molecule has 1 saturated carbocycles. The Hall–Kier alpha value is -1.00. The fourth-order valence-electron chi connectivity index (χ4n) is 2.53. The number of fused-ring (bicyclic) bond motifs is 1. The summed E-state index contributed by atoms with van der Waals surface area (Å²) in [6.45, 7) is 5.34. The van der Waals surface area contributed by atoms with Crippen molar-refractivity contribution in [1.29, 1.82) is 0 Å². The molecular formula is C11H16F2O3. The standard InChI is InChI=1S/C10H14F2O2.CH2O/c1-5-3-7-6(2)14-9(13)8(7)4-10(5,11)12;1-2/h5-8H,3-4H2,1-2H3;1H2. The molecule has 16 heavy (non-hydrogen) atoms. The van der Waals surface area contributed by atoms with Crippen molar-refractivity contribution in [3.8, 4) is 0 Å². The van der Waals surface area contributed by atoms with E-state index in [9.17, 15) is 13.6 Å². The van der Waals surface area contributed by atoms with Gasteiger partial charge in [0.2, 0.25) is 0 Å². The number of rotatable bonds is 0. The lowest BCUT2D eigenvalue weighted by molar-refractivity contribution is -0.149. The molecule has 0 bridgehead atoms. The summed E-state index contributed by atoms with van der Waals surface area (Å²) < 4.78 is 31.6. The van der Waals surface area contributed by atoms with Crippen molar-refractivity contribution < 1.29 is 23.1 Å². The molecule has 92 valence electrons. The van der Waals surface area contributed by atoms with Crippen molar-refractivity contribution in [3.63, 3.8) is 0 Å². The average Bonchev–Trinajstić information content (AvgIpc) is 2.47. The van der Waals surface area contributed by atoms with Crippen LogP contribution in [0.5, 0.6) is 0 Å². The number of carbonyl (C=O) groups is 2. The molecule has 2 rings (SSSR count). The van der Waals surface area contributed by atoms with E-state index in [1.165, 1.54) is 0 Å². The van der Waals surface area contributed by atoms with Crippen molar-refractivity contribution in [2.24, 2.45) is 17.8 Å². The van der Waals surface area contributed by atoms with E-state index in [-0.39, 0.29) is 18.4 Å². The zero-order valence-electron chi connectivity index (χ0n) is 9.41. The van der Waals surface area contributed by atoms with Crippen LogP contribution in [0.25, 0.3) is 0 Å². The SMILES string of the molecule is C=O.CC1OC(=O)C2CC(F)(F)C(C)CC12. The van der Waals surface area contributed by atoms with Crippen molar-refractivity contribution >= 4 is 12.8 Å². The first kappa shape index (κ1) is 13.1. The van der Waals surface area contributed by atoms with E-state index in [2.05, 4.69) is 0 Å². The number of hydrogen-bond acceptors (Lipinski definition) is 3. The zero-order valence-corrected chi connectivity index (χ0v) is 9.41. The fraction of sp³-hybridized carbons (Fsp3) is 0.818. The average molecular weight is 234 g/mol. The molecule has 2 aliphatic rings. The number of cyclic esters (lactones) is 1. The molecule has 1 heterocycles. The van der Waals surface area contributed by atoms with Crippen LogP contribution in [0.1, 0.15) is 26.7 Å². The molecule has 0 amide bonds. The number of alkyl halides is 2. The number of hydrogen-bond donors (Lipinski definition) is 0. The lowest BCUT2D eigenvalue weighted by Crippen LogP contribution is -2.40. The van der Waals surface area contributed by atoms with E-state index in [1.807, 2.05) is 6.79 Å². The minimum atomic E-state index is -2.70. The summed E-state index contributed by atoms with van der Waals surface area (Å²) in [6, 6.07) is 0.